The summed E-state index contributed by atoms with van der Waals surface area (Å²) in [5.74, 6) is -5.02. The van der Waals surface area contributed by atoms with E-state index in [-0.39, 0.29) is 0 Å². The lowest BCUT2D eigenvalue weighted by Gasteiger charge is -2.18. The average Bonchev–Trinajstić information content (AvgIpc) is 2.77. The second-order valence-electron chi connectivity index (χ2n) is 7.34. The zero-order valence-electron chi connectivity index (χ0n) is 23.1. The van der Waals surface area contributed by atoms with Crippen LogP contribution in [-0.4, -0.2) is 118 Å². The maximum Gasteiger partial charge on any atom is 0.336 e. The molecule has 0 fully saturated rings. The van der Waals surface area contributed by atoms with Gasteiger partial charge in [-0.25, -0.2) is 4.79 Å². The third kappa shape index (κ3) is 24.9. The summed E-state index contributed by atoms with van der Waals surface area (Å²) in [6, 6.07) is 0. The molecule has 0 rings (SSSR count). The molecule has 0 aliphatic heterocycles. The summed E-state index contributed by atoms with van der Waals surface area (Å²) in [5, 5.41) is 33.8. The van der Waals surface area contributed by atoms with Gasteiger partial charge >= 0.3 is 17.9 Å². The third-order valence-electron chi connectivity index (χ3n) is 5.31. The lowest BCUT2D eigenvalue weighted by molar-refractivity contribution is -0.170. The smallest absolute Gasteiger partial charge is 0.336 e. The van der Waals surface area contributed by atoms with Crippen LogP contribution in [0.3, 0.4) is 0 Å². The van der Waals surface area contributed by atoms with E-state index in [2.05, 4.69) is 77.0 Å². The monoisotopic (exact) mass is 495 g/mol. The highest BCUT2D eigenvalue weighted by Crippen LogP contribution is 2.15. The van der Waals surface area contributed by atoms with Gasteiger partial charge in [-0.05, 0) is 58.9 Å². The maximum absolute atomic E-state index is 10.3. The van der Waals surface area contributed by atoms with Crippen LogP contribution in [0.1, 0.15) is 75.2 Å². The SMILES string of the molecule is CCN(CC)CC.CCN(CC)CC.CCN(CC)CC.O=C(O)CC(O)(CC(=O)O)C(=O)O. The Morgan fingerprint density at radius 1 is 0.500 bits per heavy atom. The number of carboxylic acids is 3. The van der Waals surface area contributed by atoms with Gasteiger partial charge in [0, 0.05) is 0 Å². The molecule has 0 atom stereocenters. The molecule has 0 amide bonds. The van der Waals surface area contributed by atoms with E-state index in [1.165, 1.54) is 58.9 Å². The molecule has 0 unspecified atom stereocenters. The first kappa shape index (κ1) is 39.5. The second kappa shape index (κ2) is 25.9. The molecule has 10 nitrogen and oxygen atoms in total. The van der Waals surface area contributed by atoms with Gasteiger partial charge < -0.3 is 35.1 Å². The summed E-state index contributed by atoms with van der Waals surface area (Å²) in [5.41, 5.74) is -2.74. The van der Waals surface area contributed by atoms with Crippen molar-refractivity contribution in [2.75, 3.05) is 58.9 Å². The molecule has 0 aromatic rings. The van der Waals surface area contributed by atoms with Gasteiger partial charge in [-0.1, -0.05) is 62.3 Å². The molecule has 34 heavy (non-hydrogen) atoms. The van der Waals surface area contributed by atoms with Gasteiger partial charge in [-0.2, -0.15) is 0 Å². The van der Waals surface area contributed by atoms with Crippen LogP contribution < -0.4 is 0 Å². The molecular weight excluding hydrogens is 442 g/mol. The van der Waals surface area contributed by atoms with E-state index in [9.17, 15) is 14.4 Å². The average molecular weight is 496 g/mol. The maximum atomic E-state index is 10.3. The molecular formula is C24H53N3O7. The summed E-state index contributed by atoms with van der Waals surface area (Å²) in [4.78, 5) is 37.6. The number of aliphatic hydroxyl groups is 1. The number of carbonyl (C=O) groups is 3. The van der Waals surface area contributed by atoms with Crippen molar-refractivity contribution in [1.82, 2.24) is 14.7 Å². The summed E-state index contributed by atoms with van der Waals surface area (Å²) >= 11 is 0. The fraction of sp³-hybridized carbons (Fsp3) is 0.875. The highest BCUT2D eigenvalue weighted by molar-refractivity contribution is 5.88. The molecule has 4 N–H and O–H groups in total. The van der Waals surface area contributed by atoms with E-state index < -0.39 is 36.4 Å². The lowest BCUT2D eigenvalue weighted by Crippen LogP contribution is -2.42. The van der Waals surface area contributed by atoms with Crippen molar-refractivity contribution in [3.05, 3.63) is 0 Å². The first-order valence-corrected chi connectivity index (χ1v) is 12.4. The molecule has 0 saturated heterocycles. The normalized spacial score (nSPS) is 10.5. The van der Waals surface area contributed by atoms with E-state index in [1.807, 2.05) is 0 Å². The van der Waals surface area contributed by atoms with Crippen molar-refractivity contribution in [2.24, 2.45) is 0 Å². The second-order valence-corrected chi connectivity index (χ2v) is 7.34. The molecule has 0 bridgehead atoms. The highest BCUT2D eigenvalue weighted by atomic mass is 16.4. The number of nitrogens with zero attached hydrogens (tertiary/aromatic N) is 3. The predicted octanol–water partition coefficient (Wildman–Crippen LogP) is 2.80. The molecule has 0 aliphatic carbocycles. The zero-order chi connectivity index (χ0) is 27.7. The Bertz CT molecular complexity index is 432. The Kier molecular flexibility index (Phi) is 30.0. The minimum atomic E-state index is -2.74. The fourth-order valence-electron chi connectivity index (χ4n) is 2.73. The van der Waals surface area contributed by atoms with Gasteiger partial charge in [-0.3, -0.25) is 9.59 Å². The number of hydrogen-bond acceptors (Lipinski definition) is 7. The number of aliphatic carboxylic acids is 3. The van der Waals surface area contributed by atoms with E-state index >= 15 is 0 Å². The molecule has 0 radical (unpaired) electrons. The van der Waals surface area contributed by atoms with Gasteiger partial charge in [0.2, 0.25) is 0 Å². The minimum absolute atomic E-state index is 1.14. The first-order chi connectivity index (χ1) is 15.8. The summed E-state index contributed by atoms with van der Waals surface area (Å²) in [7, 11) is 0. The van der Waals surface area contributed by atoms with Crippen LogP contribution in [0, 0.1) is 0 Å². The fourth-order valence-corrected chi connectivity index (χ4v) is 2.73. The van der Waals surface area contributed by atoms with Crippen LogP contribution in [0.25, 0.3) is 0 Å². The molecule has 0 heterocycles. The third-order valence-corrected chi connectivity index (χ3v) is 5.31. The van der Waals surface area contributed by atoms with Crippen molar-refractivity contribution < 1.29 is 34.8 Å². The van der Waals surface area contributed by atoms with Crippen molar-refractivity contribution in [3.63, 3.8) is 0 Å². The van der Waals surface area contributed by atoms with Crippen LogP contribution >= 0.6 is 0 Å². The van der Waals surface area contributed by atoms with Crippen LogP contribution in [0.4, 0.5) is 0 Å². The first-order valence-electron chi connectivity index (χ1n) is 12.4. The molecule has 0 saturated carbocycles. The molecule has 0 aromatic carbocycles. The van der Waals surface area contributed by atoms with Gasteiger partial charge in [-0.15, -0.1) is 0 Å². The Hall–Kier alpha value is -1.75. The Labute approximate surface area is 207 Å². The summed E-state index contributed by atoms with van der Waals surface area (Å²) in [6.45, 7) is 30.4. The van der Waals surface area contributed by atoms with Crippen molar-refractivity contribution >= 4 is 17.9 Å². The van der Waals surface area contributed by atoms with Crippen LogP contribution in [0.2, 0.25) is 0 Å². The summed E-state index contributed by atoms with van der Waals surface area (Å²) in [6.07, 6.45) is -2.29. The topological polar surface area (TPSA) is 142 Å². The molecule has 10 heteroatoms. The number of rotatable bonds is 14. The standard InChI is InChI=1S/3C6H15N.C6H8O7/c3*1-4-7(5-2)6-3;7-3(8)1-6(13,5(11)12)2-4(9)10/h3*4-6H2,1-3H3;13H,1-2H2,(H,7,8)(H,9,10)(H,11,12). The predicted molar refractivity (Wildman–Crippen MR) is 137 cm³/mol. The largest absolute Gasteiger partial charge is 0.481 e. The Balaban J connectivity index is -0.000000186. The Morgan fingerprint density at radius 2 is 0.676 bits per heavy atom. The van der Waals surface area contributed by atoms with Crippen LogP contribution in [0.15, 0.2) is 0 Å². The van der Waals surface area contributed by atoms with Crippen molar-refractivity contribution in [3.8, 4) is 0 Å². The number of hydrogen-bond donors (Lipinski definition) is 4. The van der Waals surface area contributed by atoms with Gasteiger partial charge in [0.15, 0.2) is 5.60 Å². The van der Waals surface area contributed by atoms with Crippen molar-refractivity contribution in [2.45, 2.75) is 80.8 Å². The van der Waals surface area contributed by atoms with E-state index in [0.717, 1.165) is 0 Å². The summed E-state index contributed by atoms with van der Waals surface area (Å²) < 4.78 is 0. The lowest BCUT2D eigenvalue weighted by atomic mass is 9.96. The molecule has 0 aliphatic rings. The number of carboxylic acid groups (broad SMARTS) is 3. The van der Waals surface area contributed by atoms with Gasteiger partial charge in [0.25, 0.3) is 0 Å². The molecule has 206 valence electrons. The molecule has 0 spiro atoms. The van der Waals surface area contributed by atoms with Gasteiger partial charge in [0.05, 0.1) is 12.8 Å². The van der Waals surface area contributed by atoms with E-state index in [4.69, 9.17) is 20.4 Å². The Morgan fingerprint density at radius 3 is 0.735 bits per heavy atom. The van der Waals surface area contributed by atoms with E-state index in [0.29, 0.717) is 0 Å². The zero-order valence-corrected chi connectivity index (χ0v) is 23.1. The van der Waals surface area contributed by atoms with Crippen LogP contribution in [-0.2, 0) is 14.4 Å². The molecule has 0 aromatic heterocycles. The minimum Gasteiger partial charge on any atom is -0.481 e. The van der Waals surface area contributed by atoms with Gasteiger partial charge in [0.1, 0.15) is 0 Å². The van der Waals surface area contributed by atoms with Crippen LogP contribution in [0.5, 0.6) is 0 Å². The van der Waals surface area contributed by atoms with E-state index in [1.54, 1.807) is 0 Å². The highest BCUT2D eigenvalue weighted by Gasteiger charge is 2.40. The quantitative estimate of drug-likeness (QED) is 0.284. The van der Waals surface area contributed by atoms with Crippen molar-refractivity contribution in [1.29, 1.82) is 0 Å².